The lowest BCUT2D eigenvalue weighted by Crippen LogP contribution is -2.59. The maximum absolute atomic E-state index is 12.7. The smallest absolute Gasteiger partial charge is 0.242 e. The van der Waals surface area contributed by atoms with Crippen LogP contribution >= 0.6 is 24.8 Å². The van der Waals surface area contributed by atoms with E-state index in [0.717, 1.165) is 52.0 Å². The molecule has 3 heterocycles. The molecule has 148 valence electrons. The zero-order valence-corrected chi connectivity index (χ0v) is 17.2. The number of nitrogens with zero attached hydrogens (tertiary/aromatic N) is 3. The molecule has 2 N–H and O–H groups in total. The zero-order valence-electron chi connectivity index (χ0n) is 15.6. The van der Waals surface area contributed by atoms with E-state index >= 15 is 0 Å². The number of carbonyl (C=O) groups excluding carboxylic acids is 1. The van der Waals surface area contributed by atoms with Crippen molar-refractivity contribution < 1.29 is 4.79 Å². The van der Waals surface area contributed by atoms with Gasteiger partial charge in [0.05, 0.1) is 6.04 Å². The van der Waals surface area contributed by atoms with Crippen molar-refractivity contribution in [1.82, 2.24) is 20.1 Å². The van der Waals surface area contributed by atoms with Gasteiger partial charge in [-0.2, -0.15) is 0 Å². The summed E-state index contributed by atoms with van der Waals surface area (Å²) in [5, 5.41) is 6.41. The summed E-state index contributed by atoms with van der Waals surface area (Å²) in [6.45, 7) is 7.17. The van der Waals surface area contributed by atoms with Crippen LogP contribution in [0.3, 0.4) is 0 Å². The number of hydrogen-bond donors (Lipinski definition) is 2. The molecule has 1 aromatic heterocycles. The summed E-state index contributed by atoms with van der Waals surface area (Å²) in [6.07, 6.45) is 5.10. The first-order valence-electron chi connectivity index (χ1n) is 8.99. The van der Waals surface area contributed by atoms with Crippen molar-refractivity contribution in [3.05, 3.63) is 24.4 Å². The third kappa shape index (κ3) is 5.30. The largest absolute Gasteiger partial charge is 0.317 e. The number of rotatable bonds is 3. The summed E-state index contributed by atoms with van der Waals surface area (Å²) in [5.74, 6) is 0.653. The van der Waals surface area contributed by atoms with Gasteiger partial charge in [-0.1, -0.05) is 6.07 Å². The van der Waals surface area contributed by atoms with Crippen LogP contribution in [-0.4, -0.2) is 72.0 Å². The summed E-state index contributed by atoms with van der Waals surface area (Å²) in [6, 6.07) is 5.42. The van der Waals surface area contributed by atoms with Gasteiger partial charge in [-0.25, -0.2) is 4.98 Å². The lowest BCUT2D eigenvalue weighted by atomic mass is 9.86. The van der Waals surface area contributed by atoms with Gasteiger partial charge in [0, 0.05) is 24.8 Å². The summed E-state index contributed by atoms with van der Waals surface area (Å²) in [7, 11) is 2.24. The highest BCUT2D eigenvalue weighted by atomic mass is 35.5. The highest BCUT2D eigenvalue weighted by molar-refractivity contribution is 5.93. The molecule has 2 fully saturated rings. The van der Waals surface area contributed by atoms with Gasteiger partial charge in [-0.05, 0) is 65.0 Å². The van der Waals surface area contributed by atoms with E-state index in [1.165, 1.54) is 0 Å². The molecule has 1 amide bonds. The highest BCUT2D eigenvalue weighted by Gasteiger charge is 2.40. The van der Waals surface area contributed by atoms with Crippen molar-refractivity contribution in [2.24, 2.45) is 0 Å². The Bertz CT molecular complexity index is 554. The van der Waals surface area contributed by atoms with Crippen LogP contribution in [0.15, 0.2) is 24.4 Å². The van der Waals surface area contributed by atoms with Gasteiger partial charge in [0.2, 0.25) is 5.91 Å². The van der Waals surface area contributed by atoms with E-state index in [1.807, 2.05) is 25.1 Å². The molecule has 0 aliphatic carbocycles. The van der Waals surface area contributed by atoms with E-state index in [9.17, 15) is 4.79 Å². The van der Waals surface area contributed by atoms with E-state index in [2.05, 4.69) is 32.5 Å². The molecule has 1 aromatic rings. The SMILES string of the molecule is CC(C(=O)Nc1ccccn1)N1CCCN(C)C2(CCNCC2)C1.Cl.Cl. The van der Waals surface area contributed by atoms with Gasteiger partial charge >= 0.3 is 0 Å². The first-order chi connectivity index (χ1) is 11.6. The Kier molecular flexibility index (Phi) is 9.27. The van der Waals surface area contributed by atoms with Gasteiger partial charge in [-0.3, -0.25) is 14.6 Å². The third-order valence-electron chi connectivity index (χ3n) is 5.62. The van der Waals surface area contributed by atoms with Crippen molar-refractivity contribution in [3.8, 4) is 0 Å². The molecule has 1 unspecified atom stereocenters. The van der Waals surface area contributed by atoms with Crippen LogP contribution in [0.4, 0.5) is 5.82 Å². The average molecular weight is 404 g/mol. The minimum Gasteiger partial charge on any atom is -0.317 e. The molecule has 3 rings (SSSR count). The lowest BCUT2D eigenvalue weighted by Gasteiger charge is -2.46. The topological polar surface area (TPSA) is 60.5 Å². The summed E-state index contributed by atoms with van der Waals surface area (Å²) < 4.78 is 0. The molecule has 2 saturated heterocycles. The first-order valence-corrected chi connectivity index (χ1v) is 8.99. The predicted octanol–water partition coefficient (Wildman–Crippen LogP) is 2.01. The van der Waals surface area contributed by atoms with Crippen molar-refractivity contribution >= 4 is 36.5 Å². The molecule has 0 aromatic carbocycles. The van der Waals surface area contributed by atoms with Gasteiger partial charge in [0.15, 0.2) is 0 Å². The summed E-state index contributed by atoms with van der Waals surface area (Å²) in [4.78, 5) is 21.7. The van der Waals surface area contributed by atoms with Crippen LogP contribution in [0.1, 0.15) is 26.2 Å². The fourth-order valence-corrected chi connectivity index (χ4v) is 3.92. The normalized spacial score (nSPS) is 21.8. The number of nitrogens with one attached hydrogen (secondary N) is 2. The average Bonchev–Trinajstić information content (AvgIpc) is 2.76. The Hall–Kier alpha value is -0.920. The Morgan fingerprint density at radius 3 is 2.65 bits per heavy atom. The molecule has 2 aliphatic heterocycles. The number of likely N-dealkylation sites (N-methyl/N-ethyl adjacent to an activating group) is 1. The van der Waals surface area contributed by atoms with Gasteiger partial charge in [-0.15, -0.1) is 24.8 Å². The van der Waals surface area contributed by atoms with Crippen LogP contribution in [0, 0.1) is 0 Å². The summed E-state index contributed by atoms with van der Waals surface area (Å²) in [5.41, 5.74) is 0.196. The van der Waals surface area contributed by atoms with Crippen molar-refractivity contribution in [2.75, 3.05) is 45.1 Å². The minimum atomic E-state index is -0.148. The van der Waals surface area contributed by atoms with E-state index in [4.69, 9.17) is 0 Å². The Labute approximate surface area is 168 Å². The Balaban J connectivity index is 0.00000169. The fourth-order valence-electron chi connectivity index (χ4n) is 3.92. The fraction of sp³-hybridized carbons (Fsp3) is 0.667. The number of halogens is 2. The number of anilines is 1. The van der Waals surface area contributed by atoms with Crippen molar-refractivity contribution in [3.63, 3.8) is 0 Å². The minimum absolute atomic E-state index is 0. The quantitative estimate of drug-likeness (QED) is 0.807. The van der Waals surface area contributed by atoms with Crippen molar-refractivity contribution in [1.29, 1.82) is 0 Å². The zero-order chi connectivity index (χ0) is 17.0. The Morgan fingerprint density at radius 1 is 1.27 bits per heavy atom. The number of pyridine rings is 1. The van der Waals surface area contributed by atoms with Crippen LogP contribution in [0.2, 0.25) is 0 Å². The molecule has 26 heavy (non-hydrogen) atoms. The molecule has 1 spiro atoms. The molecule has 1 atom stereocenters. The van der Waals surface area contributed by atoms with Crippen LogP contribution in [0.5, 0.6) is 0 Å². The number of amides is 1. The molecule has 0 radical (unpaired) electrons. The Morgan fingerprint density at radius 2 is 2.00 bits per heavy atom. The second kappa shape index (κ2) is 10.4. The van der Waals surface area contributed by atoms with E-state index in [-0.39, 0.29) is 42.3 Å². The number of carbonyl (C=O) groups is 1. The highest BCUT2D eigenvalue weighted by Crippen LogP contribution is 2.29. The summed E-state index contributed by atoms with van der Waals surface area (Å²) >= 11 is 0. The molecule has 2 aliphatic rings. The van der Waals surface area contributed by atoms with Gasteiger partial charge < -0.3 is 10.6 Å². The molecular weight excluding hydrogens is 373 g/mol. The molecule has 8 heteroatoms. The lowest BCUT2D eigenvalue weighted by molar-refractivity contribution is -0.121. The van der Waals surface area contributed by atoms with Crippen LogP contribution < -0.4 is 10.6 Å². The van der Waals surface area contributed by atoms with Gasteiger partial charge in [0.1, 0.15) is 5.82 Å². The molecule has 0 bridgehead atoms. The maximum atomic E-state index is 12.7. The monoisotopic (exact) mass is 403 g/mol. The number of piperidine rings is 1. The third-order valence-corrected chi connectivity index (χ3v) is 5.62. The van der Waals surface area contributed by atoms with E-state index in [1.54, 1.807) is 6.20 Å². The van der Waals surface area contributed by atoms with Gasteiger partial charge in [0.25, 0.3) is 0 Å². The van der Waals surface area contributed by atoms with Crippen LogP contribution in [-0.2, 0) is 4.79 Å². The number of aromatic nitrogens is 1. The standard InChI is InChI=1S/C18H29N5O.2ClH/c1-15(17(24)21-16-6-3-4-9-20-16)23-13-5-12-22(2)18(14-23)7-10-19-11-8-18;;/h3-4,6,9,15,19H,5,7-8,10-14H2,1-2H3,(H,20,21,24);2*1H. The molecule has 6 nitrogen and oxygen atoms in total. The first kappa shape index (κ1) is 23.1. The molecular formula is C18H31Cl2N5O. The number of hydrogen-bond acceptors (Lipinski definition) is 5. The second-order valence-corrected chi connectivity index (χ2v) is 7.10. The van der Waals surface area contributed by atoms with Crippen LogP contribution in [0.25, 0.3) is 0 Å². The predicted molar refractivity (Wildman–Crippen MR) is 110 cm³/mol. The van der Waals surface area contributed by atoms with E-state index < -0.39 is 0 Å². The van der Waals surface area contributed by atoms with Crippen molar-refractivity contribution in [2.45, 2.75) is 37.8 Å². The molecule has 0 saturated carbocycles. The second-order valence-electron chi connectivity index (χ2n) is 7.10. The van der Waals surface area contributed by atoms with E-state index in [0.29, 0.717) is 5.82 Å². The maximum Gasteiger partial charge on any atom is 0.242 e.